The van der Waals surface area contributed by atoms with Crippen LogP contribution in [0, 0.1) is 0 Å². The molecule has 2 amide bonds. The van der Waals surface area contributed by atoms with Crippen LogP contribution in [0.5, 0.6) is 0 Å². The Morgan fingerprint density at radius 2 is 1.75 bits per heavy atom. The molecule has 1 aromatic heterocycles. The van der Waals surface area contributed by atoms with Gasteiger partial charge in [-0.3, -0.25) is 10.2 Å². The number of ether oxygens (including phenoxy) is 3. The molecule has 3 N–H and O–H groups in total. The first kappa shape index (κ1) is 26.9. The second-order valence-corrected chi connectivity index (χ2v) is 7.38. The molecule has 0 saturated carbocycles. The van der Waals surface area contributed by atoms with Crippen LogP contribution in [0.4, 0.5) is 10.6 Å². The van der Waals surface area contributed by atoms with E-state index in [0.29, 0.717) is 64.1 Å². The number of aromatic nitrogens is 1. The van der Waals surface area contributed by atoms with Gasteiger partial charge >= 0.3 is 6.09 Å². The Kier molecular flexibility index (Phi) is 12.5. The quantitative estimate of drug-likeness (QED) is 0.119. The average molecular weight is 454 g/mol. The van der Waals surface area contributed by atoms with Gasteiger partial charge in [0.2, 0.25) is 0 Å². The van der Waals surface area contributed by atoms with E-state index < -0.39 is 11.6 Å². The van der Waals surface area contributed by atoms with E-state index in [1.807, 2.05) is 0 Å². The molecule has 32 heavy (non-hydrogen) atoms. The molecule has 0 aliphatic rings. The van der Waals surface area contributed by atoms with E-state index in [2.05, 4.69) is 25.8 Å². The molecule has 1 heterocycles. The van der Waals surface area contributed by atoms with Crippen LogP contribution in [0.15, 0.2) is 23.4 Å². The number of anilines is 1. The van der Waals surface area contributed by atoms with Crippen molar-refractivity contribution in [2.45, 2.75) is 26.3 Å². The second-order valence-electron chi connectivity index (χ2n) is 7.38. The van der Waals surface area contributed by atoms with Gasteiger partial charge in [0.1, 0.15) is 5.82 Å². The number of hydrogen-bond donors (Lipinski definition) is 3. The standard InChI is InChI=1S/C19H31N7O6/c1-19(2,3)26(18(28)29)24-16-5-4-15(14-22-16)17(27)21-6-8-30-10-12-32-13-11-31-9-7-23-25-20/h4-5,14H,6-13H2,1-3H3,(H,21,27)(H,22,24)(H,28,29). The number of nitrogens with one attached hydrogen (secondary N) is 2. The minimum atomic E-state index is -1.14. The summed E-state index contributed by atoms with van der Waals surface area (Å²) in [5, 5.41) is 16.4. The first-order valence-corrected chi connectivity index (χ1v) is 10.0. The number of carboxylic acid groups (broad SMARTS) is 1. The first-order chi connectivity index (χ1) is 15.3. The lowest BCUT2D eigenvalue weighted by Crippen LogP contribution is -2.48. The van der Waals surface area contributed by atoms with Crippen LogP contribution < -0.4 is 10.7 Å². The molecule has 13 nitrogen and oxygen atoms in total. The van der Waals surface area contributed by atoms with Crippen molar-refractivity contribution in [3.05, 3.63) is 34.3 Å². The zero-order valence-electron chi connectivity index (χ0n) is 18.6. The molecule has 0 bridgehead atoms. The monoisotopic (exact) mass is 453 g/mol. The molecule has 0 atom stereocenters. The fraction of sp³-hybridized carbons (Fsp3) is 0.632. The maximum absolute atomic E-state index is 12.2. The Labute approximate surface area is 186 Å². The summed E-state index contributed by atoms with van der Waals surface area (Å²) in [4.78, 5) is 30.2. The van der Waals surface area contributed by atoms with Gasteiger partial charge in [0, 0.05) is 24.2 Å². The van der Waals surface area contributed by atoms with Crippen LogP contribution in [0.2, 0.25) is 0 Å². The van der Waals surface area contributed by atoms with Gasteiger partial charge in [-0.1, -0.05) is 5.11 Å². The number of pyridine rings is 1. The van der Waals surface area contributed by atoms with Crippen molar-refractivity contribution in [2.75, 3.05) is 58.2 Å². The number of nitrogens with zero attached hydrogens (tertiary/aromatic N) is 5. The predicted molar refractivity (Wildman–Crippen MR) is 116 cm³/mol. The van der Waals surface area contributed by atoms with Gasteiger partial charge in [-0.05, 0) is 38.4 Å². The molecule has 0 saturated heterocycles. The predicted octanol–water partition coefficient (Wildman–Crippen LogP) is 2.28. The smallest absolute Gasteiger partial charge is 0.426 e. The lowest BCUT2D eigenvalue weighted by atomic mass is 10.1. The molecule has 13 heteroatoms. The summed E-state index contributed by atoms with van der Waals surface area (Å²) < 4.78 is 15.9. The van der Waals surface area contributed by atoms with Crippen molar-refractivity contribution >= 4 is 17.8 Å². The Morgan fingerprint density at radius 3 is 2.28 bits per heavy atom. The SMILES string of the molecule is CC(C)(C)N(Nc1ccc(C(=O)NCCOCCOCCOCCN=[N+]=[N-])cn1)C(=O)O. The fourth-order valence-electron chi connectivity index (χ4n) is 2.24. The van der Waals surface area contributed by atoms with Crippen molar-refractivity contribution < 1.29 is 28.9 Å². The van der Waals surface area contributed by atoms with Gasteiger partial charge in [0.05, 0.1) is 50.7 Å². The summed E-state index contributed by atoms with van der Waals surface area (Å²) in [7, 11) is 0. The highest BCUT2D eigenvalue weighted by Crippen LogP contribution is 2.15. The molecule has 0 aromatic carbocycles. The zero-order chi connectivity index (χ0) is 23.8. The van der Waals surface area contributed by atoms with E-state index in [1.165, 1.54) is 12.3 Å². The van der Waals surface area contributed by atoms with E-state index in [9.17, 15) is 14.7 Å². The van der Waals surface area contributed by atoms with Crippen LogP contribution in [0.3, 0.4) is 0 Å². The number of azide groups is 1. The summed E-state index contributed by atoms with van der Waals surface area (Å²) in [6.45, 7) is 8.12. The normalized spacial score (nSPS) is 10.8. The molecule has 1 rings (SSSR count). The highest BCUT2D eigenvalue weighted by molar-refractivity contribution is 5.94. The highest BCUT2D eigenvalue weighted by Gasteiger charge is 2.26. The molecule has 0 aliphatic carbocycles. The van der Waals surface area contributed by atoms with Crippen molar-refractivity contribution in [2.24, 2.45) is 5.11 Å². The number of hydrogen-bond acceptors (Lipinski definition) is 8. The zero-order valence-corrected chi connectivity index (χ0v) is 18.6. The van der Waals surface area contributed by atoms with Crippen LogP contribution in [-0.2, 0) is 14.2 Å². The molecule has 0 fully saturated rings. The highest BCUT2D eigenvalue weighted by atomic mass is 16.5. The van der Waals surface area contributed by atoms with Gasteiger partial charge < -0.3 is 24.6 Å². The van der Waals surface area contributed by atoms with Crippen molar-refractivity contribution in [3.63, 3.8) is 0 Å². The maximum Gasteiger partial charge on any atom is 0.426 e. The third-order valence-electron chi connectivity index (χ3n) is 3.79. The minimum absolute atomic E-state index is 0.295. The van der Waals surface area contributed by atoms with Crippen LogP contribution in [0.1, 0.15) is 31.1 Å². The summed E-state index contributed by atoms with van der Waals surface area (Å²) >= 11 is 0. The molecular formula is C19H31N7O6. The second kappa shape index (κ2) is 14.8. The summed E-state index contributed by atoms with van der Waals surface area (Å²) in [6.07, 6.45) is 0.228. The third-order valence-corrected chi connectivity index (χ3v) is 3.79. The Bertz CT molecular complexity index is 748. The lowest BCUT2D eigenvalue weighted by molar-refractivity contribution is 0.0166. The van der Waals surface area contributed by atoms with Crippen LogP contribution in [-0.4, -0.2) is 85.4 Å². The minimum Gasteiger partial charge on any atom is -0.464 e. The Balaban J connectivity index is 2.18. The lowest BCUT2D eigenvalue weighted by Gasteiger charge is -2.33. The number of hydrazine groups is 1. The molecule has 178 valence electrons. The fourth-order valence-corrected chi connectivity index (χ4v) is 2.24. The number of rotatable bonds is 15. The molecular weight excluding hydrogens is 422 g/mol. The number of carbonyl (C=O) groups is 2. The molecule has 0 unspecified atom stereocenters. The molecule has 1 aromatic rings. The molecule has 0 aliphatic heterocycles. The number of amides is 2. The van der Waals surface area contributed by atoms with Gasteiger partial charge in [0.15, 0.2) is 0 Å². The molecule has 0 spiro atoms. The van der Waals surface area contributed by atoms with Crippen LogP contribution >= 0.6 is 0 Å². The van der Waals surface area contributed by atoms with Crippen molar-refractivity contribution in [1.82, 2.24) is 15.3 Å². The number of carbonyl (C=O) groups excluding carboxylic acids is 1. The third kappa shape index (κ3) is 11.3. The average Bonchev–Trinajstić information content (AvgIpc) is 2.74. The topological polar surface area (TPSA) is 171 Å². The van der Waals surface area contributed by atoms with E-state index in [4.69, 9.17) is 19.7 Å². The van der Waals surface area contributed by atoms with Gasteiger partial charge in [-0.2, -0.15) is 0 Å². The molecule has 0 radical (unpaired) electrons. The van der Waals surface area contributed by atoms with E-state index in [-0.39, 0.29) is 5.91 Å². The Hall–Kier alpha value is -3.12. The van der Waals surface area contributed by atoms with Crippen molar-refractivity contribution in [1.29, 1.82) is 0 Å². The van der Waals surface area contributed by atoms with E-state index in [1.54, 1.807) is 26.8 Å². The van der Waals surface area contributed by atoms with Crippen molar-refractivity contribution in [3.8, 4) is 0 Å². The summed E-state index contributed by atoms with van der Waals surface area (Å²) in [5.41, 5.74) is 10.5. The van der Waals surface area contributed by atoms with Gasteiger partial charge in [-0.15, -0.1) is 0 Å². The van der Waals surface area contributed by atoms with E-state index in [0.717, 1.165) is 5.01 Å². The van der Waals surface area contributed by atoms with E-state index >= 15 is 0 Å². The summed E-state index contributed by atoms with van der Waals surface area (Å²) in [5.74, 6) is -0.00373. The largest absolute Gasteiger partial charge is 0.464 e. The van der Waals surface area contributed by atoms with Crippen LogP contribution in [0.25, 0.3) is 10.4 Å². The Morgan fingerprint density at radius 1 is 1.12 bits per heavy atom. The van der Waals surface area contributed by atoms with Gasteiger partial charge in [-0.25, -0.2) is 14.8 Å². The van der Waals surface area contributed by atoms with Gasteiger partial charge in [0.25, 0.3) is 5.91 Å². The first-order valence-electron chi connectivity index (χ1n) is 10.0. The summed E-state index contributed by atoms with van der Waals surface area (Å²) in [6, 6.07) is 3.09. The maximum atomic E-state index is 12.2.